The molecule has 0 bridgehead atoms. The largest absolute Gasteiger partial charge is 0.497 e. The van der Waals surface area contributed by atoms with Gasteiger partial charge in [0.25, 0.3) is 5.88 Å². The molecule has 0 atom stereocenters. The summed E-state index contributed by atoms with van der Waals surface area (Å²) in [7, 11) is 6.33. The molecule has 7 heteroatoms. The maximum absolute atomic E-state index is 5.42. The van der Waals surface area contributed by atoms with Crippen LogP contribution in [0, 0.1) is 0 Å². The van der Waals surface area contributed by atoms with Crippen molar-refractivity contribution in [1.29, 1.82) is 0 Å². The van der Waals surface area contributed by atoms with E-state index in [1.165, 1.54) is 11.5 Å². The Balaban J connectivity index is 2.10. The van der Waals surface area contributed by atoms with E-state index in [-0.39, 0.29) is 0 Å². The molecule has 3 aromatic rings. The van der Waals surface area contributed by atoms with Gasteiger partial charge in [0.1, 0.15) is 5.75 Å². The van der Waals surface area contributed by atoms with Gasteiger partial charge >= 0.3 is 0 Å². The Kier molecular flexibility index (Phi) is 5.04. The molecule has 0 N–H and O–H groups in total. The van der Waals surface area contributed by atoms with Gasteiger partial charge < -0.3 is 18.9 Å². The van der Waals surface area contributed by atoms with Crippen molar-refractivity contribution in [2.24, 2.45) is 0 Å². The van der Waals surface area contributed by atoms with Crippen molar-refractivity contribution in [2.45, 2.75) is 0 Å². The van der Waals surface area contributed by atoms with Gasteiger partial charge in [-0.3, -0.25) is 0 Å². The van der Waals surface area contributed by atoms with Crippen LogP contribution in [0.2, 0.25) is 0 Å². The number of hydrogen-bond donors (Lipinski definition) is 0. The third-order valence-electron chi connectivity index (χ3n) is 3.73. The van der Waals surface area contributed by atoms with Crippen LogP contribution in [-0.2, 0) is 0 Å². The Morgan fingerprint density at radius 1 is 0.880 bits per heavy atom. The van der Waals surface area contributed by atoms with E-state index in [0.717, 1.165) is 21.8 Å². The summed E-state index contributed by atoms with van der Waals surface area (Å²) in [5.41, 5.74) is 2.72. The fraction of sp³-hybridized carbons (Fsp3) is 0.222. The van der Waals surface area contributed by atoms with E-state index in [9.17, 15) is 0 Å². The minimum atomic E-state index is 0.367. The summed E-state index contributed by atoms with van der Waals surface area (Å²) in [5.74, 6) is 2.19. The summed E-state index contributed by atoms with van der Waals surface area (Å²) < 4.78 is 25.6. The van der Waals surface area contributed by atoms with Crippen molar-refractivity contribution in [3.8, 4) is 44.8 Å². The van der Waals surface area contributed by atoms with E-state index in [1.807, 2.05) is 36.5 Å². The highest BCUT2D eigenvalue weighted by Gasteiger charge is 2.19. The van der Waals surface area contributed by atoms with Gasteiger partial charge in [-0.2, -0.15) is 4.37 Å². The Labute approximate surface area is 150 Å². The van der Waals surface area contributed by atoms with E-state index < -0.39 is 0 Å². The molecule has 0 radical (unpaired) electrons. The Morgan fingerprint density at radius 2 is 1.64 bits per heavy atom. The molecule has 0 spiro atoms. The fourth-order valence-corrected chi connectivity index (χ4v) is 3.21. The molecular formula is C18H18N2O4S. The van der Waals surface area contributed by atoms with Crippen molar-refractivity contribution in [1.82, 2.24) is 9.36 Å². The van der Waals surface area contributed by atoms with Crippen molar-refractivity contribution < 1.29 is 18.9 Å². The van der Waals surface area contributed by atoms with Gasteiger partial charge in [0.05, 0.1) is 39.0 Å². The number of pyridine rings is 1. The first-order valence-corrected chi connectivity index (χ1v) is 8.25. The molecule has 130 valence electrons. The van der Waals surface area contributed by atoms with E-state index in [0.29, 0.717) is 23.1 Å². The maximum Gasteiger partial charge on any atom is 0.261 e. The zero-order valence-electron chi connectivity index (χ0n) is 14.4. The molecule has 2 aromatic heterocycles. The Bertz CT molecular complexity index is 837. The summed E-state index contributed by atoms with van der Waals surface area (Å²) in [6.07, 6.45) is 1.83. The van der Waals surface area contributed by atoms with Crippen LogP contribution >= 0.6 is 11.5 Å². The number of methoxy groups -OCH3 is 4. The number of aromatic nitrogens is 2. The third kappa shape index (κ3) is 3.23. The maximum atomic E-state index is 5.42. The summed E-state index contributed by atoms with van der Waals surface area (Å²) in [5, 5.41) is 0. The van der Waals surface area contributed by atoms with Crippen LogP contribution in [-0.4, -0.2) is 37.8 Å². The molecule has 0 amide bonds. The average Bonchev–Trinajstić information content (AvgIpc) is 3.16. The van der Waals surface area contributed by atoms with Crippen LogP contribution in [0.5, 0.6) is 23.1 Å². The molecule has 25 heavy (non-hydrogen) atoms. The van der Waals surface area contributed by atoms with Crippen molar-refractivity contribution in [3.63, 3.8) is 0 Å². The second-order valence-electron chi connectivity index (χ2n) is 5.05. The second-order valence-corrected chi connectivity index (χ2v) is 5.85. The Hall–Kier alpha value is -2.80. The van der Waals surface area contributed by atoms with Gasteiger partial charge in [-0.1, -0.05) is 12.1 Å². The van der Waals surface area contributed by atoms with Crippen molar-refractivity contribution >= 4 is 11.5 Å². The van der Waals surface area contributed by atoms with Crippen LogP contribution in [0.25, 0.3) is 21.7 Å². The van der Waals surface area contributed by atoms with Gasteiger partial charge in [0.2, 0.25) is 5.75 Å². The van der Waals surface area contributed by atoms with E-state index in [1.54, 1.807) is 28.4 Å². The Morgan fingerprint density at radius 3 is 2.24 bits per heavy atom. The predicted octanol–water partition coefficient (Wildman–Crippen LogP) is 3.91. The number of hydrogen-bond acceptors (Lipinski definition) is 7. The molecule has 0 aliphatic heterocycles. The first-order chi connectivity index (χ1) is 12.2. The summed E-state index contributed by atoms with van der Waals surface area (Å²) >= 11 is 1.36. The molecule has 3 rings (SSSR count). The van der Waals surface area contributed by atoms with E-state index >= 15 is 0 Å². The molecule has 0 fully saturated rings. The monoisotopic (exact) mass is 358 g/mol. The van der Waals surface area contributed by atoms with Gasteiger partial charge in [0.15, 0.2) is 5.75 Å². The summed E-state index contributed by atoms with van der Waals surface area (Å²) in [6, 6.07) is 9.63. The minimum Gasteiger partial charge on any atom is -0.497 e. The number of rotatable bonds is 6. The van der Waals surface area contributed by atoms with Crippen LogP contribution in [0.15, 0.2) is 36.5 Å². The molecular weight excluding hydrogens is 340 g/mol. The molecule has 0 unspecified atom stereocenters. The average molecular weight is 358 g/mol. The number of benzene rings is 1. The summed E-state index contributed by atoms with van der Waals surface area (Å²) in [4.78, 5) is 5.47. The van der Waals surface area contributed by atoms with Gasteiger partial charge in [-0.05, 0) is 29.2 Å². The first-order valence-electron chi connectivity index (χ1n) is 7.48. The van der Waals surface area contributed by atoms with Gasteiger partial charge in [-0.25, -0.2) is 4.98 Å². The predicted molar refractivity (Wildman–Crippen MR) is 97.0 cm³/mol. The smallest absolute Gasteiger partial charge is 0.261 e. The third-order valence-corrected chi connectivity index (χ3v) is 4.55. The molecule has 6 nitrogen and oxygen atoms in total. The first kappa shape index (κ1) is 17.0. The second kappa shape index (κ2) is 7.40. The standard InChI is InChI=1S/C18H18N2O4S/c1-21-12-7-5-11(6-8-12)13-10-19-25-17(13)14-9-15(22-2)16(23-3)18(20-14)24-4/h5-10H,1-4H3. The lowest BCUT2D eigenvalue weighted by Crippen LogP contribution is -1.98. The van der Waals surface area contributed by atoms with Crippen LogP contribution < -0.4 is 18.9 Å². The zero-order chi connectivity index (χ0) is 17.8. The fourth-order valence-electron chi connectivity index (χ4n) is 2.48. The molecule has 0 saturated heterocycles. The topological polar surface area (TPSA) is 62.7 Å². The quantitative estimate of drug-likeness (QED) is 0.666. The highest BCUT2D eigenvalue weighted by molar-refractivity contribution is 7.10. The highest BCUT2D eigenvalue weighted by atomic mass is 32.1. The van der Waals surface area contributed by atoms with Crippen molar-refractivity contribution in [3.05, 3.63) is 36.5 Å². The summed E-state index contributed by atoms with van der Waals surface area (Å²) in [6.45, 7) is 0. The SMILES string of the molecule is COc1ccc(-c2cnsc2-c2cc(OC)c(OC)c(OC)n2)cc1. The van der Waals surface area contributed by atoms with Gasteiger partial charge in [0, 0.05) is 17.8 Å². The minimum absolute atomic E-state index is 0.367. The van der Waals surface area contributed by atoms with E-state index in [2.05, 4.69) is 9.36 Å². The van der Waals surface area contributed by atoms with Crippen LogP contribution in [0.3, 0.4) is 0 Å². The highest BCUT2D eigenvalue weighted by Crippen LogP contribution is 2.42. The number of nitrogens with zero attached hydrogens (tertiary/aromatic N) is 2. The van der Waals surface area contributed by atoms with Crippen LogP contribution in [0.4, 0.5) is 0 Å². The molecule has 1 aromatic carbocycles. The molecule has 0 aliphatic carbocycles. The van der Waals surface area contributed by atoms with Crippen molar-refractivity contribution in [2.75, 3.05) is 28.4 Å². The van der Waals surface area contributed by atoms with Crippen LogP contribution in [0.1, 0.15) is 0 Å². The zero-order valence-corrected chi connectivity index (χ0v) is 15.2. The normalized spacial score (nSPS) is 10.4. The van der Waals surface area contributed by atoms with Gasteiger partial charge in [-0.15, -0.1) is 0 Å². The lowest BCUT2D eigenvalue weighted by atomic mass is 10.1. The lowest BCUT2D eigenvalue weighted by Gasteiger charge is -2.13. The molecule has 2 heterocycles. The molecule has 0 saturated carbocycles. The lowest BCUT2D eigenvalue weighted by molar-refractivity contribution is 0.316. The number of ether oxygens (including phenoxy) is 4. The molecule has 0 aliphatic rings. The van der Waals surface area contributed by atoms with E-state index in [4.69, 9.17) is 18.9 Å².